The second-order valence-corrected chi connectivity index (χ2v) is 4.33. The molecule has 0 aromatic heterocycles. The summed E-state index contributed by atoms with van der Waals surface area (Å²) < 4.78 is 0. The molecule has 1 saturated heterocycles. The van der Waals surface area contributed by atoms with Crippen LogP contribution in [0.2, 0.25) is 0 Å². The van der Waals surface area contributed by atoms with Gasteiger partial charge in [0.2, 0.25) is 5.91 Å². The van der Waals surface area contributed by atoms with Crippen molar-refractivity contribution in [2.45, 2.75) is 6.42 Å². The Morgan fingerprint density at radius 3 is 2.94 bits per heavy atom. The van der Waals surface area contributed by atoms with Gasteiger partial charge in [0, 0.05) is 37.2 Å². The molecule has 1 heterocycles. The van der Waals surface area contributed by atoms with Crippen LogP contribution in [0.15, 0.2) is 36.9 Å². The van der Waals surface area contributed by atoms with Crippen LogP contribution >= 0.6 is 0 Å². The molecule has 1 aromatic rings. The smallest absolute Gasteiger partial charge is 0.251 e. The number of nitrogens with zero attached hydrogens (tertiary/aromatic N) is 1. The molecule has 1 atom stereocenters. The van der Waals surface area contributed by atoms with E-state index in [0.717, 1.165) is 5.69 Å². The second-order valence-electron chi connectivity index (χ2n) is 4.33. The van der Waals surface area contributed by atoms with Gasteiger partial charge in [-0.3, -0.25) is 9.59 Å². The predicted molar refractivity (Wildman–Crippen MR) is 70.5 cm³/mol. The van der Waals surface area contributed by atoms with E-state index in [2.05, 4.69) is 11.9 Å². The van der Waals surface area contributed by atoms with Crippen LogP contribution in [0.5, 0.6) is 0 Å². The van der Waals surface area contributed by atoms with Crippen LogP contribution in [0, 0.1) is 5.92 Å². The van der Waals surface area contributed by atoms with E-state index >= 15 is 0 Å². The zero-order valence-corrected chi connectivity index (χ0v) is 10.3. The third-order valence-corrected chi connectivity index (χ3v) is 3.14. The molecule has 0 saturated carbocycles. The van der Waals surface area contributed by atoms with E-state index in [0.29, 0.717) is 18.5 Å². The number of hydrogen-bond acceptors (Lipinski definition) is 2. The molecule has 1 aliphatic rings. The van der Waals surface area contributed by atoms with Crippen molar-refractivity contribution in [1.29, 1.82) is 0 Å². The first-order chi connectivity index (χ1) is 8.65. The standard InChI is InChI=1S/C14H16N2O2/c1-3-10-7-13(17)16(9-10)12-6-4-5-11(8-12)14(18)15-2/h3-6,8,10H,1,7,9H2,2H3,(H,15,18). The first-order valence-corrected chi connectivity index (χ1v) is 5.90. The molecule has 1 N–H and O–H groups in total. The highest BCUT2D eigenvalue weighted by Gasteiger charge is 2.28. The summed E-state index contributed by atoms with van der Waals surface area (Å²) in [5, 5.41) is 2.57. The van der Waals surface area contributed by atoms with Crippen molar-refractivity contribution >= 4 is 17.5 Å². The Hall–Kier alpha value is -2.10. The van der Waals surface area contributed by atoms with Gasteiger partial charge in [0.15, 0.2) is 0 Å². The lowest BCUT2D eigenvalue weighted by atomic mass is 10.1. The molecule has 1 aromatic carbocycles. The summed E-state index contributed by atoms with van der Waals surface area (Å²) in [5.74, 6) is 0.124. The minimum absolute atomic E-state index is 0.0777. The highest BCUT2D eigenvalue weighted by molar-refractivity contribution is 5.99. The van der Waals surface area contributed by atoms with E-state index in [1.54, 1.807) is 36.2 Å². The van der Waals surface area contributed by atoms with Crippen molar-refractivity contribution < 1.29 is 9.59 Å². The third kappa shape index (κ3) is 2.27. The zero-order valence-electron chi connectivity index (χ0n) is 10.3. The molecule has 1 unspecified atom stereocenters. The topological polar surface area (TPSA) is 49.4 Å². The number of benzene rings is 1. The first kappa shape index (κ1) is 12.4. The van der Waals surface area contributed by atoms with Gasteiger partial charge in [0.25, 0.3) is 5.91 Å². The van der Waals surface area contributed by atoms with E-state index in [-0.39, 0.29) is 17.7 Å². The van der Waals surface area contributed by atoms with E-state index < -0.39 is 0 Å². The summed E-state index contributed by atoms with van der Waals surface area (Å²) in [6, 6.07) is 7.10. The van der Waals surface area contributed by atoms with Crippen LogP contribution in [0.1, 0.15) is 16.8 Å². The van der Waals surface area contributed by atoms with Crippen LogP contribution in [0.4, 0.5) is 5.69 Å². The van der Waals surface area contributed by atoms with Crippen LogP contribution < -0.4 is 10.2 Å². The van der Waals surface area contributed by atoms with Crippen molar-refractivity contribution in [3.8, 4) is 0 Å². The molecular formula is C14H16N2O2. The Balaban J connectivity index is 2.26. The average molecular weight is 244 g/mol. The zero-order chi connectivity index (χ0) is 13.1. The van der Waals surface area contributed by atoms with Gasteiger partial charge in [0.1, 0.15) is 0 Å². The number of rotatable bonds is 3. The largest absolute Gasteiger partial charge is 0.355 e. The number of anilines is 1. The van der Waals surface area contributed by atoms with E-state index in [4.69, 9.17) is 0 Å². The Labute approximate surface area is 106 Å². The molecular weight excluding hydrogens is 228 g/mol. The Bertz CT molecular complexity index is 496. The lowest BCUT2D eigenvalue weighted by Gasteiger charge is -2.16. The molecule has 1 aliphatic heterocycles. The van der Waals surface area contributed by atoms with Gasteiger partial charge < -0.3 is 10.2 Å². The van der Waals surface area contributed by atoms with Crippen LogP contribution in [0.3, 0.4) is 0 Å². The van der Waals surface area contributed by atoms with Gasteiger partial charge in [-0.05, 0) is 18.2 Å². The minimum Gasteiger partial charge on any atom is -0.355 e. The van der Waals surface area contributed by atoms with Crippen molar-refractivity contribution in [2.75, 3.05) is 18.5 Å². The number of carbonyl (C=O) groups is 2. The van der Waals surface area contributed by atoms with Gasteiger partial charge in [0.05, 0.1) is 0 Å². The van der Waals surface area contributed by atoms with Crippen molar-refractivity contribution in [3.05, 3.63) is 42.5 Å². The Morgan fingerprint density at radius 1 is 1.56 bits per heavy atom. The van der Waals surface area contributed by atoms with Gasteiger partial charge in [-0.25, -0.2) is 0 Å². The maximum Gasteiger partial charge on any atom is 0.251 e. The van der Waals surface area contributed by atoms with Crippen LogP contribution in [-0.4, -0.2) is 25.4 Å². The van der Waals surface area contributed by atoms with E-state index in [1.807, 2.05) is 6.07 Å². The van der Waals surface area contributed by atoms with Crippen LogP contribution in [-0.2, 0) is 4.79 Å². The number of amides is 2. The minimum atomic E-state index is -0.149. The molecule has 0 aliphatic carbocycles. The molecule has 0 radical (unpaired) electrons. The highest BCUT2D eigenvalue weighted by Crippen LogP contribution is 2.26. The van der Waals surface area contributed by atoms with Crippen molar-refractivity contribution in [1.82, 2.24) is 5.32 Å². The summed E-state index contributed by atoms with van der Waals surface area (Å²) in [5.41, 5.74) is 1.33. The maximum absolute atomic E-state index is 11.9. The predicted octanol–water partition coefficient (Wildman–Crippen LogP) is 1.59. The van der Waals surface area contributed by atoms with Gasteiger partial charge >= 0.3 is 0 Å². The SMILES string of the molecule is C=CC1CC(=O)N(c2cccc(C(=O)NC)c2)C1. The van der Waals surface area contributed by atoms with Gasteiger partial charge in [-0.1, -0.05) is 12.1 Å². The first-order valence-electron chi connectivity index (χ1n) is 5.90. The van der Waals surface area contributed by atoms with Crippen molar-refractivity contribution in [3.63, 3.8) is 0 Å². The average Bonchev–Trinajstić information content (AvgIpc) is 2.79. The molecule has 94 valence electrons. The molecule has 0 spiro atoms. The Kier molecular flexibility index (Phi) is 3.46. The molecule has 18 heavy (non-hydrogen) atoms. The number of hydrogen-bond donors (Lipinski definition) is 1. The van der Waals surface area contributed by atoms with Crippen LogP contribution in [0.25, 0.3) is 0 Å². The second kappa shape index (κ2) is 5.04. The molecule has 1 fully saturated rings. The molecule has 2 rings (SSSR count). The normalized spacial score (nSPS) is 18.8. The number of nitrogens with one attached hydrogen (secondary N) is 1. The quantitative estimate of drug-likeness (QED) is 0.821. The molecule has 0 bridgehead atoms. The number of carbonyl (C=O) groups excluding carboxylic acids is 2. The van der Waals surface area contributed by atoms with E-state index in [9.17, 15) is 9.59 Å². The fourth-order valence-corrected chi connectivity index (χ4v) is 2.10. The fourth-order valence-electron chi connectivity index (χ4n) is 2.10. The molecule has 4 nitrogen and oxygen atoms in total. The lowest BCUT2D eigenvalue weighted by molar-refractivity contribution is -0.117. The van der Waals surface area contributed by atoms with E-state index in [1.165, 1.54) is 0 Å². The maximum atomic E-state index is 11.9. The fraction of sp³-hybridized carbons (Fsp3) is 0.286. The monoisotopic (exact) mass is 244 g/mol. The summed E-state index contributed by atoms with van der Waals surface area (Å²) in [4.78, 5) is 25.1. The Morgan fingerprint density at radius 2 is 2.33 bits per heavy atom. The van der Waals surface area contributed by atoms with Gasteiger partial charge in [-0.2, -0.15) is 0 Å². The summed E-state index contributed by atoms with van der Waals surface area (Å²) in [7, 11) is 1.59. The highest BCUT2D eigenvalue weighted by atomic mass is 16.2. The van der Waals surface area contributed by atoms with Gasteiger partial charge in [-0.15, -0.1) is 6.58 Å². The molecule has 2 amide bonds. The summed E-state index contributed by atoms with van der Waals surface area (Å²) in [6.45, 7) is 4.36. The third-order valence-electron chi connectivity index (χ3n) is 3.14. The summed E-state index contributed by atoms with van der Waals surface area (Å²) in [6.07, 6.45) is 2.30. The molecule has 4 heteroatoms. The summed E-state index contributed by atoms with van der Waals surface area (Å²) >= 11 is 0. The van der Waals surface area contributed by atoms with Crippen molar-refractivity contribution in [2.24, 2.45) is 5.92 Å². The lowest BCUT2D eigenvalue weighted by Crippen LogP contribution is -2.25.